The summed E-state index contributed by atoms with van der Waals surface area (Å²) in [6.07, 6.45) is -0.190. The highest BCUT2D eigenvalue weighted by Crippen LogP contribution is 2.29. The van der Waals surface area contributed by atoms with Gasteiger partial charge in [-0.05, 0) is 26.0 Å². The Hall–Kier alpha value is -1.92. The van der Waals surface area contributed by atoms with Gasteiger partial charge in [-0.1, -0.05) is 17.3 Å². The average Bonchev–Trinajstić information content (AvgIpc) is 2.97. The quantitative estimate of drug-likeness (QED) is 0.934. The number of aromatic nitrogens is 2. The fourth-order valence-corrected chi connectivity index (χ4v) is 2.42. The van der Waals surface area contributed by atoms with Crippen molar-refractivity contribution in [2.45, 2.75) is 26.0 Å². The van der Waals surface area contributed by atoms with Gasteiger partial charge in [0.15, 0.2) is 0 Å². The van der Waals surface area contributed by atoms with Crippen molar-refractivity contribution in [2.24, 2.45) is 0 Å². The number of hydrogen-bond donors (Lipinski definition) is 1. The van der Waals surface area contributed by atoms with Crippen LogP contribution in [-0.4, -0.2) is 45.9 Å². The first-order chi connectivity index (χ1) is 10.1. The highest BCUT2D eigenvalue weighted by atomic mass is 16.5. The van der Waals surface area contributed by atoms with Crippen LogP contribution in [0.2, 0.25) is 0 Å². The van der Waals surface area contributed by atoms with E-state index in [4.69, 9.17) is 9.26 Å². The van der Waals surface area contributed by atoms with Crippen molar-refractivity contribution in [3.8, 4) is 17.2 Å². The van der Waals surface area contributed by atoms with Crippen LogP contribution in [0.3, 0.4) is 0 Å². The van der Waals surface area contributed by atoms with Gasteiger partial charge in [-0.25, -0.2) is 0 Å². The molecule has 1 atom stereocenters. The minimum Gasteiger partial charge on any atom is -0.507 e. The third-order valence-corrected chi connectivity index (χ3v) is 3.69. The number of para-hydroxylation sites is 1. The maximum atomic E-state index is 9.83. The molecule has 6 nitrogen and oxygen atoms in total. The van der Waals surface area contributed by atoms with Crippen LogP contribution in [0.1, 0.15) is 25.8 Å². The Kier molecular flexibility index (Phi) is 3.90. The minimum atomic E-state index is -0.190. The Balaban J connectivity index is 1.80. The van der Waals surface area contributed by atoms with Crippen LogP contribution in [0, 0.1) is 0 Å². The van der Waals surface area contributed by atoms with E-state index in [1.807, 2.05) is 6.07 Å². The Morgan fingerprint density at radius 2 is 2.14 bits per heavy atom. The minimum absolute atomic E-state index is 0.126. The zero-order valence-corrected chi connectivity index (χ0v) is 12.2. The number of nitrogens with zero attached hydrogens (tertiary/aromatic N) is 3. The van der Waals surface area contributed by atoms with E-state index in [9.17, 15) is 5.11 Å². The summed E-state index contributed by atoms with van der Waals surface area (Å²) < 4.78 is 11.0. The Morgan fingerprint density at radius 1 is 1.33 bits per heavy atom. The van der Waals surface area contributed by atoms with Gasteiger partial charge in [0, 0.05) is 19.1 Å². The molecule has 1 saturated heterocycles. The highest BCUT2D eigenvalue weighted by Gasteiger charge is 2.27. The van der Waals surface area contributed by atoms with Gasteiger partial charge in [0.2, 0.25) is 5.82 Å². The van der Waals surface area contributed by atoms with Crippen LogP contribution in [0.5, 0.6) is 5.75 Å². The topological polar surface area (TPSA) is 71.6 Å². The number of morpholine rings is 1. The lowest BCUT2D eigenvalue weighted by Gasteiger charge is -2.34. The average molecular weight is 289 g/mol. The monoisotopic (exact) mass is 289 g/mol. The molecule has 2 aromatic rings. The molecule has 0 amide bonds. The molecule has 2 heterocycles. The van der Waals surface area contributed by atoms with Crippen molar-refractivity contribution in [3.05, 3.63) is 30.1 Å². The van der Waals surface area contributed by atoms with Crippen LogP contribution in [-0.2, 0) is 4.74 Å². The lowest BCUT2D eigenvalue weighted by Crippen LogP contribution is -2.42. The van der Waals surface area contributed by atoms with Crippen molar-refractivity contribution >= 4 is 0 Å². The van der Waals surface area contributed by atoms with Crippen molar-refractivity contribution < 1.29 is 14.4 Å². The molecule has 0 radical (unpaired) electrons. The third-order valence-electron chi connectivity index (χ3n) is 3.69. The second kappa shape index (κ2) is 5.83. The van der Waals surface area contributed by atoms with Crippen LogP contribution in [0.25, 0.3) is 11.5 Å². The number of rotatable bonds is 3. The molecule has 1 aliphatic rings. The Bertz CT molecular complexity index is 612. The summed E-state index contributed by atoms with van der Waals surface area (Å²) in [7, 11) is 0. The lowest BCUT2D eigenvalue weighted by atomic mass is 10.2. The summed E-state index contributed by atoms with van der Waals surface area (Å²) >= 11 is 0. The highest BCUT2D eigenvalue weighted by molar-refractivity contribution is 5.61. The van der Waals surface area contributed by atoms with Gasteiger partial charge in [-0.15, -0.1) is 0 Å². The fourth-order valence-electron chi connectivity index (χ4n) is 2.42. The van der Waals surface area contributed by atoms with Crippen molar-refractivity contribution in [1.82, 2.24) is 15.0 Å². The molecule has 3 rings (SSSR count). The zero-order valence-electron chi connectivity index (χ0n) is 12.2. The first-order valence-electron chi connectivity index (χ1n) is 7.13. The molecule has 0 bridgehead atoms. The second-order valence-electron chi connectivity index (χ2n) is 5.42. The molecule has 1 N–H and O–H groups in total. The van der Waals surface area contributed by atoms with E-state index in [2.05, 4.69) is 28.9 Å². The first-order valence-corrected chi connectivity index (χ1v) is 7.13. The molecular formula is C15H19N3O3. The van der Waals surface area contributed by atoms with Gasteiger partial charge >= 0.3 is 0 Å². The number of phenols is 1. The van der Waals surface area contributed by atoms with E-state index >= 15 is 0 Å². The number of aromatic hydroxyl groups is 1. The SMILES string of the molecule is CC(C)N1CCOC(c2noc(-c3ccccc3O)n2)C1. The van der Waals surface area contributed by atoms with E-state index in [-0.39, 0.29) is 11.9 Å². The van der Waals surface area contributed by atoms with Gasteiger partial charge in [0.25, 0.3) is 5.89 Å². The van der Waals surface area contributed by atoms with Gasteiger partial charge < -0.3 is 14.4 Å². The molecule has 1 aromatic carbocycles. The number of ether oxygens (including phenoxy) is 1. The zero-order chi connectivity index (χ0) is 14.8. The molecule has 0 saturated carbocycles. The Labute approximate surface area is 123 Å². The van der Waals surface area contributed by atoms with Crippen LogP contribution in [0.15, 0.2) is 28.8 Å². The lowest BCUT2D eigenvalue weighted by molar-refractivity contribution is -0.0450. The summed E-state index contributed by atoms with van der Waals surface area (Å²) in [5.74, 6) is 0.966. The molecule has 21 heavy (non-hydrogen) atoms. The summed E-state index contributed by atoms with van der Waals surface area (Å²) in [6.45, 7) is 6.64. The molecule has 1 aliphatic heterocycles. The summed E-state index contributed by atoms with van der Waals surface area (Å²) in [5, 5.41) is 13.8. The van der Waals surface area contributed by atoms with Crippen molar-refractivity contribution in [1.29, 1.82) is 0 Å². The van der Waals surface area contributed by atoms with Gasteiger partial charge in [0.1, 0.15) is 11.9 Å². The molecular weight excluding hydrogens is 270 g/mol. The standard InChI is InChI=1S/C15H19N3O3/c1-10(2)18-7-8-20-13(9-18)14-16-15(21-17-14)11-5-3-4-6-12(11)19/h3-6,10,13,19H,7-9H2,1-2H3. The van der Waals surface area contributed by atoms with Gasteiger partial charge in [0.05, 0.1) is 12.2 Å². The van der Waals surface area contributed by atoms with Gasteiger partial charge in [-0.2, -0.15) is 4.98 Å². The largest absolute Gasteiger partial charge is 0.507 e. The number of phenolic OH excluding ortho intramolecular Hbond substituents is 1. The second-order valence-corrected chi connectivity index (χ2v) is 5.42. The van der Waals surface area contributed by atoms with Crippen LogP contribution in [0.4, 0.5) is 0 Å². The number of benzene rings is 1. The summed E-state index contributed by atoms with van der Waals surface area (Å²) in [5.41, 5.74) is 0.535. The Morgan fingerprint density at radius 3 is 2.90 bits per heavy atom. The van der Waals surface area contributed by atoms with E-state index in [0.717, 1.165) is 13.1 Å². The maximum absolute atomic E-state index is 9.83. The molecule has 112 valence electrons. The fraction of sp³-hybridized carbons (Fsp3) is 0.467. The molecule has 6 heteroatoms. The molecule has 1 aromatic heterocycles. The normalized spacial score (nSPS) is 20.0. The molecule has 0 aliphatic carbocycles. The van der Waals surface area contributed by atoms with Crippen LogP contribution >= 0.6 is 0 Å². The maximum Gasteiger partial charge on any atom is 0.261 e. The van der Waals surface area contributed by atoms with E-state index < -0.39 is 0 Å². The van der Waals surface area contributed by atoms with E-state index in [0.29, 0.717) is 29.9 Å². The third kappa shape index (κ3) is 2.91. The van der Waals surface area contributed by atoms with Gasteiger partial charge in [-0.3, -0.25) is 4.90 Å². The molecule has 1 unspecified atom stereocenters. The van der Waals surface area contributed by atoms with E-state index in [1.54, 1.807) is 18.2 Å². The van der Waals surface area contributed by atoms with Crippen molar-refractivity contribution in [2.75, 3.05) is 19.7 Å². The number of hydrogen-bond acceptors (Lipinski definition) is 6. The molecule has 0 spiro atoms. The first kappa shape index (κ1) is 14.0. The predicted octanol–water partition coefficient (Wildman–Crippen LogP) is 2.22. The summed E-state index contributed by atoms with van der Waals surface area (Å²) in [6, 6.07) is 7.36. The van der Waals surface area contributed by atoms with E-state index in [1.165, 1.54) is 0 Å². The molecule has 1 fully saturated rings. The predicted molar refractivity (Wildman–Crippen MR) is 76.8 cm³/mol. The van der Waals surface area contributed by atoms with Crippen molar-refractivity contribution in [3.63, 3.8) is 0 Å². The van der Waals surface area contributed by atoms with Crippen LogP contribution < -0.4 is 0 Å². The smallest absolute Gasteiger partial charge is 0.261 e. The summed E-state index contributed by atoms with van der Waals surface area (Å²) in [4.78, 5) is 6.69.